The van der Waals surface area contributed by atoms with Crippen LogP contribution < -0.4 is 10.9 Å². The van der Waals surface area contributed by atoms with Gasteiger partial charge in [0.25, 0.3) is 0 Å². The summed E-state index contributed by atoms with van der Waals surface area (Å²) in [5.41, 5.74) is 0.484. The van der Waals surface area contributed by atoms with Crippen LogP contribution in [0.3, 0.4) is 0 Å². The van der Waals surface area contributed by atoms with Gasteiger partial charge in [-0.3, -0.25) is 24.1 Å². The van der Waals surface area contributed by atoms with Crippen LogP contribution in [-0.2, 0) is 30.5 Å². The lowest BCUT2D eigenvalue weighted by atomic mass is 9.81. The fraction of sp³-hybridized carbons (Fsp3) is 0.409. The number of amides is 3. The van der Waals surface area contributed by atoms with Crippen molar-refractivity contribution < 1.29 is 28.3 Å². The van der Waals surface area contributed by atoms with Crippen LogP contribution in [0, 0.1) is 11.8 Å². The van der Waals surface area contributed by atoms with E-state index < -0.39 is 18.1 Å². The van der Waals surface area contributed by atoms with Crippen molar-refractivity contribution in [2.75, 3.05) is 11.9 Å². The summed E-state index contributed by atoms with van der Waals surface area (Å²) in [5.74, 6) is -2.25. The highest BCUT2D eigenvalue weighted by Crippen LogP contribution is 2.37. The maximum absolute atomic E-state index is 12.5. The zero-order chi connectivity index (χ0) is 22.1. The Balaban J connectivity index is 1.45. The molecule has 162 valence electrons. The van der Waals surface area contributed by atoms with Crippen LogP contribution in [0.1, 0.15) is 38.2 Å². The van der Waals surface area contributed by atoms with Crippen LogP contribution >= 0.6 is 0 Å². The maximum Gasteiger partial charge on any atom is 0.336 e. The molecule has 1 N–H and O–H groups in total. The average molecular weight is 426 g/mol. The molecule has 2 unspecified atom stereocenters. The first-order chi connectivity index (χ1) is 14.8. The molecule has 2 fully saturated rings. The van der Waals surface area contributed by atoms with E-state index in [0.717, 1.165) is 17.7 Å². The Morgan fingerprint density at radius 1 is 1.10 bits per heavy atom. The molecule has 9 heteroatoms. The second-order valence-corrected chi connectivity index (χ2v) is 7.90. The van der Waals surface area contributed by atoms with E-state index in [1.165, 1.54) is 19.1 Å². The number of likely N-dealkylation sites (tertiary alicyclic amines) is 1. The van der Waals surface area contributed by atoms with Crippen LogP contribution in [0.15, 0.2) is 33.5 Å². The predicted molar refractivity (Wildman–Crippen MR) is 109 cm³/mol. The lowest BCUT2D eigenvalue weighted by Crippen LogP contribution is -2.36. The molecule has 1 aromatic heterocycles. The van der Waals surface area contributed by atoms with Crippen molar-refractivity contribution in [3.63, 3.8) is 0 Å². The summed E-state index contributed by atoms with van der Waals surface area (Å²) >= 11 is 0. The number of hydrogen-bond acceptors (Lipinski definition) is 7. The fourth-order valence-electron chi connectivity index (χ4n) is 4.35. The number of ether oxygens (including phenoxy) is 1. The van der Waals surface area contributed by atoms with Gasteiger partial charge in [0.2, 0.25) is 17.7 Å². The molecule has 2 aromatic rings. The van der Waals surface area contributed by atoms with Crippen molar-refractivity contribution in [1.29, 1.82) is 0 Å². The third-order valence-corrected chi connectivity index (χ3v) is 5.76. The van der Waals surface area contributed by atoms with E-state index in [9.17, 15) is 24.0 Å². The Hall–Kier alpha value is -3.49. The van der Waals surface area contributed by atoms with Crippen LogP contribution in [0.25, 0.3) is 11.0 Å². The molecule has 1 aliphatic carbocycles. The highest BCUT2D eigenvalue weighted by Gasteiger charge is 2.48. The van der Waals surface area contributed by atoms with Crippen molar-refractivity contribution in [2.45, 2.75) is 39.2 Å². The molecular weight excluding hydrogens is 404 g/mol. The number of rotatable bonds is 5. The highest BCUT2D eigenvalue weighted by molar-refractivity contribution is 6.07. The summed E-state index contributed by atoms with van der Waals surface area (Å²) in [4.78, 5) is 61.5. The quantitative estimate of drug-likeness (QED) is 0.440. The van der Waals surface area contributed by atoms with Crippen molar-refractivity contribution in [3.8, 4) is 0 Å². The minimum atomic E-state index is -0.725. The Bertz CT molecular complexity index is 1110. The first-order valence-corrected chi connectivity index (χ1v) is 10.2. The Labute approximate surface area is 177 Å². The van der Waals surface area contributed by atoms with Gasteiger partial charge in [0.05, 0.1) is 11.8 Å². The van der Waals surface area contributed by atoms with Gasteiger partial charge in [-0.25, -0.2) is 4.79 Å². The summed E-state index contributed by atoms with van der Waals surface area (Å²) < 4.78 is 10.4. The number of carbonyl (C=O) groups is 4. The SMILES string of the molecule is CC(=O)Nc1ccc2c(COC(=O)CN3C(=O)C4CCCCC4C3=O)cc(=O)oc2c1. The van der Waals surface area contributed by atoms with Crippen molar-refractivity contribution in [2.24, 2.45) is 11.8 Å². The molecule has 2 aliphatic rings. The van der Waals surface area contributed by atoms with Crippen molar-refractivity contribution >= 4 is 40.3 Å². The molecule has 0 radical (unpaired) electrons. The molecule has 3 amide bonds. The Morgan fingerprint density at radius 3 is 2.42 bits per heavy atom. The van der Waals surface area contributed by atoms with Crippen molar-refractivity contribution in [3.05, 3.63) is 40.2 Å². The number of imide groups is 1. The number of nitrogens with zero attached hydrogens (tertiary/aromatic N) is 1. The summed E-state index contributed by atoms with van der Waals surface area (Å²) in [6.45, 7) is 0.710. The molecule has 0 spiro atoms. The molecular formula is C22H22N2O7. The van der Waals surface area contributed by atoms with Gasteiger partial charge in [-0.1, -0.05) is 12.8 Å². The fourth-order valence-corrected chi connectivity index (χ4v) is 4.35. The van der Waals surface area contributed by atoms with Gasteiger partial charge in [0, 0.05) is 35.7 Å². The third-order valence-electron chi connectivity index (χ3n) is 5.76. The maximum atomic E-state index is 12.5. The van der Waals surface area contributed by atoms with E-state index in [1.807, 2.05) is 0 Å². The predicted octanol–water partition coefficient (Wildman–Crippen LogP) is 1.97. The van der Waals surface area contributed by atoms with Gasteiger partial charge in [-0.05, 0) is 25.0 Å². The third kappa shape index (κ3) is 4.21. The number of nitrogens with one attached hydrogen (secondary N) is 1. The summed E-state index contributed by atoms with van der Waals surface area (Å²) in [7, 11) is 0. The van der Waals surface area contributed by atoms with E-state index in [1.54, 1.807) is 12.1 Å². The number of anilines is 1. The van der Waals surface area contributed by atoms with E-state index in [4.69, 9.17) is 9.15 Å². The minimum Gasteiger partial charge on any atom is -0.459 e. The lowest BCUT2D eigenvalue weighted by Gasteiger charge is -2.19. The zero-order valence-electron chi connectivity index (χ0n) is 17.0. The molecule has 2 heterocycles. The highest BCUT2D eigenvalue weighted by atomic mass is 16.5. The normalized spacial score (nSPS) is 20.6. The standard InChI is InChI=1S/C22H22N2O7/c1-12(25)23-14-6-7-15-13(8-19(26)31-18(15)9-14)11-30-20(27)10-24-21(28)16-4-2-3-5-17(16)22(24)29/h6-9,16-17H,2-5,10-11H2,1H3,(H,23,25). The number of benzene rings is 1. The number of hydrogen-bond donors (Lipinski definition) is 1. The minimum absolute atomic E-state index is 0.219. The first kappa shape index (κ1) is 20.8. The topological polar surface area (TPSA) is 123 Å². The van der Waals surface area contributed by atoms with E-state index in [-0.39, 0.29) is 41.7 Å². The second kappa shape index (κ2) is 8.33. The van der Waals surface area contributed by atoms with Crippen LogP contribution in [0.4, 0.5) is 5.69 Å². The van der Waals surface area contributed by atoms with Crippen LogP contribution in [0.2, 0.25) is 0 Å². The van der Waals surface area contributed by atoms with E-state index >= 15 is 0 Å². The molecule has 1 aromatic carbocycles. The molecule has 1 saturated heterocycles. The summed E-state index contributed by atoms with van der Waals surface area (Å²) in [6.07, 6.45) is 3.16. The van der Waals surface area contributed by atoms with Crippen LogP contribution in [0.5, 0.6) is 0 Å². The Kier molecular flexibility index (Phi) is 5.58. The summed E-state index contributed by atoms with van der Waals surface area (Å²) in [5, 5.41) is 3.14. The molecule has 1 aliphatic heterocycles. The van der Waals surface area contributed by atoms with Gasteiger partial charge >= 0.3 is 11.6 Å². The Morgan fingerprint density at radius 2 is 1.77 bits per heavy atom. The van der Waals surface area contributed by atoms with E-state index in [0.29, 0.717) is 29.5 Å². The lowest BCUT2D eigenvalue weighted by molar-refractivity contribution is -0.153. The van der Waals surface area contributed by atoms with Gasteiger partial charge in [-0.2, -0.15) is 0 Å². The second-order valence-electron chi connectivity index (χ2n) is 7.90. The molecule has 2 atom stereocenters. The average Bonchev–Trinajstić information content (AvgIpc) is 2.96. The monoisotopic (exact) mass is 426 g/mol. The molecule has 4 rings (SSSR count). The smallest absolute Gasteiger partial charge is 0.336 e. The van der Waals surface area contributed by atoms with Crippen LogP contribution in [-0.4, -0.2) is 35.1 Å². The first-order valence-electron chi connectivity index (χ1n) is 10.2. The molecule has 9 nitrogen and oxygen atoms in total. The molecule has 0 bridgehead atoms. The van der Waals surface area contributed by atoms with Gasteiger partial charge in [0.15, 0.2) is 0 Å². The number of esters is 1. The largest absolute Gasteiger partial charge is 0.459 e. The number of carbonyl (C=O) groups excluding carboxylic acids is 4. The van der Waals surface area contributed by atoms with E-state index in [2.05, 4.69) is 5.32 Å². The van der Waals surface area contributed by atoms with Gasteiger partial charge < -0.3 is 14.5 Å². The molecule has 1 saturated carbocycles. The zero-order valence-corrected chi connectivity index (χ0v) is 17.0. The molecule has 31 heavy (non-hydrogen) atoms. The van der Waals surface area contributed by atoms with Gasteiger partial charge in [-0.15, -0.1) is 0 Å². The van der Waals surface area contributed by atoms with Gasteiger partial charge in [0.1, 0.15) is 18.7 Å². The number of fused-ring (bicyclic) bond motifs is 2. The van der Waals surface area contributed by atoms with Crippen molar-refractivity contribution in [1.82, 2.24) is 4.90 Å². The summed E-state index contributed by atoms with van der Waals surface area (Å²) in [6, 6.07) is 6.00.